The van der Waals surface area contributed by atoms with Crippen LogP contribution in [0.25, 0.3) is 10.9 Å². The predicted molar refractivity (Wildman–Crippen MR) is 119 cm³/mol. The van der Waals surface area contributed by atoms with Crippen LogP contribution in [0.15, 0.2) is 79.3 Å². The van der Waals surface area contributed by atoms with Crippen molar-refractivity contribution in [1.29, 1.82) is 0 Å². The highest BCUT2D eigenvalue weighted by Gasteiger charge is 2.28. The van der Waals surface area contributed by atoms with E-state index in [1.165, 1.54) is 6.07 Å². The number of benzene rings is 2. The van der Waals surface area contributed by atoms with Crippen molar-refractivity contribution >= 4 is 22.5 Å². The van der Waals surface area contributed by atoms with Crippen molar-refractivity contribution in [3.63, 3.8) is 0 Å². The lowest BCUT2D eigenvalue weighted by Gasteiger charge is -2.17. The third-order valence-electron chi connectivity index (χ3n) is 5.44. The quantitative estimate of drug-likeness (QED) is 0.360. The number of rotatable bonds is 7. The number of nitrogens with one attached hydrogen (secondary N) is 1. The summed E-state index contributed by atoms with van der Waals surface area (Å²) >= 11 is 0. The monoisotopic (exact) mass is 414 g/mol. The molecule has 0 aliphatic carbocycles. The largest absolute Gasteiger partial charge is 0.352 e. The van der Waals surface area contributed by atoms with Crippen LogP contribution in [0.4, 0.5) is 5.69 Å². The van der Waals surface area contributed by atoms with Crippen LogP contribution in [0.5, 0.6) is 0 Å². The van der Waals surface area contributed by atoms with Crippen molar-refractivity contribution in [3.05, 3.63) is 106 Å². The number of para-hydroxylation sites is 2. The maximum Gasteiger partial charge on any atom is 0.273 e. The van der Waals surface area contributed by atoms with E-state index < -0.39 is 5.92 Å². The molecule has 0 aliphatic rings. The number of aromatic nitrogens is 2. The number of pyridine rings is 1. The lowest BCUT2D eigenvalue weighted by atomic mass is 9.87. The Balaban J connectivity index is 1.71. The van der Waals surface area contributed by atoms with E-state index in [9.17, 15) is 14.9 Å². The molecule has 0 fully saturated rings. The second-order valence-electron chi connectivity index (χ2n) is 7.42. The van der Waals surface area contributed by atoms with E-state index in [1.807, 2.05) is 54.2 Å². The minimum atomic E-state index is -0.454. The molecule has 1 N–H and O–H groups in total. The summed E-state index contributed by atoms with van der Waals surface area (Å²) < 4.78 is 1.99. The van der Waals surface area contributed by atoms with Gasteiger partial charge in [-0.05, 0) is 29.3 Å². The summed E-state index contributed by atoms with van der Waals surface area (Å²) in [6.07, 6.45) is 5.41. The van der Waals surface area contributed by atoms with Crippen molar-refractivity contribution in [1.82, 2.24) is 14.9 Å². The van der Waals surface area contributed by atoms with Crippen LogP contribution in [0.2, 0.25) is 0 Å². The van der Waals surface area contributed by atoms with Crippen LogP contribution in [-0.4, -0.2) is 20.4 Å². The van der Waals surface area contributed by atoms with Crippen molar-refractivity contribution in [2.24, 2.45) is 7.05 Å². The highest BCUT2D eigenvalue weighted by molar-refractivity contribution is 5.87. The maximum atomic E-state index is 12.9. The first-order valence-electron chi connectivity index (χ1n) is 9.97. The third kappa shape index (κ3) is 4.30. The molecule has 2 heterocycles. The van der Waals surface area contributed by atoms with Gasteiger partial charge in [-0.2, -0.15) is 0 Å². The molecular formula is C24H22N4O3. The van der Waals surface area contributed by atoms with E-state index in [2.05, 4.69) is 10.3 Å². The number of hydrogen-bond acceptors (Lipinski definition) is 4. The van der Waals surface area contributed by atoms with E-state index in [0.29, 0.717) is 12.1 Å². The van der Waals surface area contributed by atoms with Gasteiger partial charge in [0.1, 0.15) is 0 Å². The number of amides is 1. The Kier molecular flexibility index (Phi) is 5.75. The number of nitro groups is 1. The molecular weight excluding hydrogens is 392 g/mol. The van der Waals surface area contributed by atoms with Gasteiger partial charge in [-0.25, -0.2) is 0 Å². The van der Waals surface area contributed by atoms with Gasteiger partial charge in [0.05, 0.1) is 4.92 Å². The van der Waals surface area contributed by atoms with E-state index in [-0.39, 0.29) is 22.9 Å². The molecule has 0 saturated carbocycles. The van der Waals surface area contributed by atoms with Gasteiger partial charge < -0.3 is 9.88 Å². The van der Waals surface area contributed by atoms with Crippen LogP contribution >= 0.6 is 0 Å². The van der Waals surface area contributed by atoms with Gasteiger partial charge in [0, 0.05) is 67.1 Å². The summed E-state index contributed by atoms with van der Waals surface area (Å²) in [5.41, 5.74) is 3.39. The molecule has 156 valence electrons. The Morgan fingerprint density at radius 3 is 2.55 bits per heavy atom. The van der Waals surface area contributed by atoms with Crippen LogP contribution in [0.1, 0.15) is 29.0 Å². The third-order valence-corrected chi connectivity index (χ3v) is 5.44. The molecule has 2 aromatic carbocycles. The minimum Gasteiger partial charge on any atom is -0.352 e. The molecule has 0 unspecified atom stereocenters. The molecule has 1 amide bonds. The number of carbonyl (C=O) groups excluding carboxylic acids is 1. The smallest absolute Gasteiger partial charge is 0.273 e. The average Bonchev–Trinajstić information content (AvgIpc) is 3.13. The molecule has 2 aromatic heterocycles. The van der Waals surface area contributed by atoms with E-state index in [4.69, 9.17) is 0 Å². The van der Waals surface area contributed by atoms with Gasteiger partial charge in [-0.3, -0.25) is 19.9 Å². The Hall–Kier alpha value is -4.00. The standard InChI is InChI=1S/C24H22N4O3/c1-27-16-21(19-7-2-4-8-22(19)27)20(18-6-3-5-9-23(18)28(30)31)14-24(29)26-15-17-10-12-25-13-11-17/h2-13,16,20H,14-15H2,1H3,(H,26,29)/t20-/m0/s1. The van der Waals surface area contributed by atoms with Gasteiger partial charge in [-0.15, -0.1) is 0 Å². The molecule has 7 heteroatoms. The highest BCUT2D eigenvalue weighted by atomic mass is 16.6. The summed E-state index contributed by atoms with van der Waals surface area (Å²) in [6.45, 7) is 0.375. The van der Waals surface area contributed by atoms with Gasteiger partial charge in [0.15, 0.2) is 0 Å². The van der Waals surface area contributed by atoms with Crippen LogP contribution in [0.3, 0.4) is 0 Å². The van der Waals surface area contributed by atoms with Gasteiger partial charge >= 0.3 is 0 Å². The molecule has 7 nitrogen and oxygen atoms in total. The Bertz CT molecular complexity index is 1230. The molecule has 0 bridgehead atoms. The molecule has 0 aliphatic heterocycles. The predicted octanol–water partition coefficient (Wildman–Crippen LogP) is 4.32. The zero-order valence-electron chi connectivity index (χ0n) is 17.1. The molecule has 31 heavy (non-hydrogen) atoms. The number of carbonyl (C=O) groups is 1. The van der Waals surface area contributed by atoms with E-state index >= 15 is 0 Å². The first kappa shape index (κ1) is 20.3. The second kappa shape index (κ2) is 8.79. The number of fused-ring (bicyclic) bond motifs is 1. The summed E-state index contributed by atoms with van der Waals surface area (Å²) in [5, 5.41) is 15.6. The molecule has 0 spiro atoms. The summed E-state index contributed by atoms with van der Waals surface area (Å²) in [5.74, 6) is -0.627. The molecule has 4 rings (SSSR count). The normalized spacial score (nSPS) is 11.9. The summed E-state index contributed by atoms with van der Waals surface area (Å²) in [4.78, 5) is 28.2. The van der Waals surface area contributed by atoms with Gasteiger partial charge in [-0.1, -0.05) is 36.4 Å². The Morgan fingerprint density at radius 2 is 1.77 bits per heavy atom. The maximum absolute atomic E-state index is 12.9. The lowest BCUT2D eigenvalue weighted by molar-refractivity contribution is -0.385. The molecule has 4 aromatic rings. The van der Waals surface area contributed by atoms with E-state index in [1.54, 1.807) is 30.6 Å². The minimum absolute atomic E-state index is 0.0161. The number of aryl methyl sites for hydroxylation is 1. The SMILES string of the molecule is Cn1cc([C@@H](CC(=O)NCc2ccncc2)c2ccccc2[N+](=O)[O-])c2ccccc21. The van der Waals surface area contributed by atoms with Crippen LogP contribution in [0, 0.1) is 10.1 Å². The van der Waals surface area contributed by atoms with Crippen molar-refractivity contribution < 1.29 is 9.72 Å². The Labute approximate surface area is 179 Å². The second-order valence-corrected chi connectivity index (χ2v) is 7.42. The first-order valence-corrected chi connectivity index (χ1v) is 9.97. The number of hydrogen-bond donors (Lipinski definition) is 1. The van der Waals surface area contributed by atoms with Crippen molar-refractivity contribution in [3.8, 4) is 0 Å². The fraction of sp³-hybridized carbons (Fsp3) is 0.167. The number of nitrogens with zero attached hydrogens (tertiary/aromatic N) is 3. The zero-order chi connectivity index (χ0) is 21.8. The topological polar surface area (TPSA) is 90.1 Å². The highest BCUT2D eigenvalue weighted by Crippen LogP contribution is 2.38. The summed E-state index contributed by atoms with van der Waals surface area (Å²) in [6, 6.07) is 18.2. The van der Waals surface area contributed by atoms with Gasteiger partial charge in [0.2, 0.25) is 5.91 Å². The van der Waals surface area contributed by atoms with Crippen molar-refractivity contribution in [2.45, 2.75) is 18.9 Å². The average molecular weight is 414 g/mol. The fourth-order valence-corrected chi connectivity index (χ4v) is 3.95. The van der Waals surface area contributed by atoms with Crippen LogP contribution in [-0.2, 0) is 18.4 Å². The van der Waals surface area contributed by atoms with Crippen LogP contribution < -0.4 is 5.32 Å². The lowest BCUT2D eigenvalue weighted by Crippen LogP contribution is -2.25. The Morgan fingerprint density at radius 1 is 1.06 bits per heavy atom. The zero-order valence-corrected chi connectivity index (χ0v) is 17.1. The molecule has 0 radical (unpaired) electrons. The van der Waals surface area contributed by atoms with Gasteiger partial charge in [0.25, 0.3) is 5.69 Å². The van der Waals surface area contributed by atoms with E-state index in [0.717, 1.165) is 22.0 Å². The fourth-order valence-electron chi connectivity index (χ4n) is 3.95. The molecule has 1 atom stereocenters. The first-order chi connectivity index (χ1) is 15.0. The molecule has 0 saturated heterocycles. The van der Waals surface area contributed by atoms with Crippen molar-refractivity contribution in [2.75, 3.05) is 0 Å². The number of nitro benzene ring substituents is 1. The summed E-state index contributed by atoms with van der Waals surface area (Å²) in [7, 11) is 1.94.